The van der Waals surface area contributed by atoms with E-state index in [-0.39, 0.29) is 22.7 Å². The number of allylic oxidation sites excluding steroid dienone is 1. The first-order chi connectivity index (χ1) is 13.4. The Kier molecular flexibility index (Phi) is 4.29. The maximum absolute atomic E-state index is 12.2. The standard InChI is InChI=1S/C23H35NO4/c1-4-23(27-3)10-9-21(14-28-23)16-7-5-15-6-8-17-18(20(25)26)11-22(21,19(15)17)13-24(2)12-16/h16-18H,4-14H2,1-3H3,(H,25,26)/t16-,17-,18-,21?,22-,23+/m1/s1. The number of nitrogens with zero attached hydrogens (tertiary/aromatic N) is 1. The smallest absolute Gasteiger partial charge is 0.307 e. The van der Waals surface area contributed by atoms with Crippen LogP contribution in [0.3, 0.4) is 0 Å². The van der Waals surface area contributed by atoms with E-state index in [0.29, 0.717) is 5.92 Å². The van der Waals surface area contributed by atoms with E-state index in [9.17, 15) is 9.90 Å². The summed E-state index contributed by atoms with van der Waals surface area (Å²) in [6.45, 7) is 4.98. The molecule has 5 nitrogen and oxygen atoms in total. The average Bonchev–Trinajstić information content (AvgIpc) is 3.23. The lowest BCUT2D eigenvalue weighted by Gasteiger charge is -2.62. The topological polar surface area (TPSA) is 59.0 Å². The van der Waals surface area contributed by atoms with E-state index in [1.165, 1.54) is 12.8 Å². The normalized spacial score (nSPS) is 48.0. The van der Waals surface area contributed by atoms with Crippen molar-refractivity contribution in [2.75, 3.05) is 33.9 Å². The molecule has 1 unspecified atom stereocenters. The summed E-state index contributed by atoms with van der Waals surface area (Å²) in [7, 11) is 4.01. The monoisotopic (exact) mass is 389 g/mol. The Bertz CT molecular complexity index is 701. The first kappa shape index (κ1) is 19.1. The summed E-state index contributed by atoms with van der Waals surface area (Å²) in [5, 5.41) is 10.1. The highest BCUT2D eigenvalue weighted by atomic mass is 16.7. The zero-order chi connectivity index (χ0) is 19.7. The number of hydrogen-bond acceptors (Lipinski definition) is 4. The van der Waals surface area contributed by atoms with Crippen molar-refractivity contribution >= 4 is 5.97 Å². The number of rotatable bonds is 3. The van der Waals surface area contributed by atoms with Crippen LogP contribution in [0.2, 0.25) is 0 Å². The molecule has 5 rings (SSSR count). The fourth-order valence-corrected chi connectivity index (χ4v) is 8.18. The van der Waals surface area contributed by atoms with Crippen molar-refractivity contribution in [3.05, 3.63) is 11.1 Å². The summed E-state index contributed by atoms with van der Waals surface area (Å²) in [5.41, 5.74) is 3.23. The highest BCUT2D eigenvalue weighted by Crippen LogP contribution is 2.71. The summed E-state index contributed by atoms with van der Waals surface area (Å²) in [6, 6.07) is 0. The van der Waals surface area contributed by atoms with Crippen molar-refractivity contribution in [1.82, 2.24) is 4.90 Å². The van der Waals surface area contributed by atoms with Gasteiger partial charge in [0.1, 0.15) is 0 Å². The second-order valence-corrected chi connectivity index (χ2v) is 10.2. The number of likely N-dealkylation sites (tertiary alicyclic amines) is 1. The number of carboxylic acid groups (broad SMARTS) is 1. The molecule has 1 saturated carbocycles. The van der Waals surface area contributed by atoms with Crippen LogP contribution in [0.5, 0.6) is 0 Å². The first-order valence-electron chi connectivity index (χ1n) is 11.2. The molecule has 3 aliphatic carbocycles. The maximum Gasteiger partial charge on any atom is 0.307 e. The van der Waals surface area contributed by atoms with Gasteiger partial charge in [0.2, 0.25) is 0 Å². The van der Waals surface area contributed by atoms with Gasteiger partial charge in [0, 0.05) is 37.5 Å². The minimum absolute atomic E-state index is 0.0195. The highest BCUT2D eigenvalue weighted by molar-refractivity contribution is 5.73. The van der Waals surface area contributed by atoms with Gasteiger partial charge in [-0.1, -0.05) is 18.1 Å². The largest absolute Gasteiger partial charge is 0.481 e. The van der Waals surface area contributed by atoms with Crippen LogP contribution in [-0.2, 0) is 14.3 Å². The van der Waals surface area contributed by atoms with Gasteiger partial charge in [-0.2, -0.15) is 0 Å². The zero-order valence-electron chi connectivity index (χ0n) is 17.6. The Balaban J connectivity index is 1.63. The van der Waals surface area contributed by atoms with Gasteiger partial charge in [-0.15, -0.1) is 0 Å². The molecule has 0 aromatic heterocycles. The quantitative estimate of drug-likeness (QED) is 0.746. The van der Waals surface area contributed by atoms with Gasteiger partial charge in [-0.3, -0.25) is 4.79 Å². The molecule has 6 atom stereocenters. The van der Waals surface area contributed by atoms with E-state index in [2.05, 4.69) is 18.9 Å². The highest BCUT2D eigenvalue weighted by Gasteiger charge is 2.69. The fourth-order valence-electron chi connectivity index (χ4n) is 8.18. The van der Waals surface area contributed by atoms with Gasteiger partial charge in [0.05, 0.1) is 12.5 Å². The maximum atomic E-state index is 12.2. The van der Waals surface area contributed by atoms with Gasteiger partial charge >= 0.3 is 5.97 Å². The van der Waals surface area contributed by atoms with Crippen LogP contribution < -0.4 is 0 Å². The van der Waals surface area contributed by atoms with Crippen molar-refractivity contribution < 1.29 is 19.4 Å². The van der Waals surface area contributed by atoms with E-state index in [1.807, 2.05) is 0 Å². The van der Waals surface area contributed by atoms with Crippen molar-refractivity contribution in [3.8, 4) is 0 Å². The average molecular weight is 390 g/mol. The van der Waals surface area contributed by atoms with Crippen molar-refractivity contribution in [3.63, 3.8) is 0 Å². The van der Waals surface area contributed by atoms with Crippen LogP contribution in [0.15, 0.2) is 11.1 Å². The van der Waals surface area contributed by atoms with Crippen molar-refractivity contribution in [2.24, 2.45) is 28.6 Å². The Morgan fingerprint density at radius 3 is 2.75 bits per heavy atom. The summed E-state index contributed by atoms with van der Waals surface area (Å²) >= 11 is 0. The summed E-state index contributed by atoms with van der Waals surface area (Å²) < 4.78 is 12.4. The van der Waals surface area contributed by atoms with Gasteiger partial charge in [0.25, 0.3) is 0 Å². The lowest BCUT2D eigenvalue weighted by atomic mass is 9.50. The number of piperidine rings is 1. The molecule has 2 saturated heterocycles. The molecule has 0 radical (unpaired) electrons. The molecular weight excluding hydrogens is 354 g/mol. The predicted molar refractivity (Wildman–Crippen MR) is 106 cm³/mol. The SMILES string of the molecule is CC[C@@]1(OC)CCC2(CO1)[C@@H]1CCC3=C4[C@H](CC3)[C@H](C(=O)O)C[C@@]42CN(C)C1. The van der Waals surface area contributed by atoms with Crippen LogP contribution in [0.25, 0.3) is 0 Å². The Hall–Kier alpha value is -0.910. The van der Waals surface area contributed by atoms with Crippen LogP contribution in [0, 0.1) is 28.6 Å². The van der Waals surface area contributed by atoms with Crippen LogP contribution in [0.1, 0.15) is 58.3 Å². The zero-order valence-corrected chi connectivity index (χ0v) is 17.6. The third-order valence-electron chi connectivity index (χ3n) is 9.45. The van der Waals surface area contributed by atoms with Gasteiger partial charge in [-0.25, -0.2) is 0 Å². The fraction of sp³-hybridized carbons (Fsp3) is 0.870. The third-order valence-corrected chi connectivity index (χ3v) is 9.45. The summed E-state index contributed by atoms with van der Waals surface area (Å²) in [6.07, 6.45) is 8.26. The van der Waals surface area contributed by atoms with Gasteiger partial charge in [0.15, 0.2) is 5.79 Å². The summed E-state index contributed by atoms with van der Waals surface area (Å²) in [4.78, 5) is 14.7. The van der Waals surface area contributed by atoms with Crippen LogP contribution in [-0.4, -0.2) is 55.6 Å². The van der Waals surface area contributed by atoms with E-state index in [1.54, 1.807) is 18.3 Å². The molecule has 1 N–H and O–H groups in total. The van der Waals surface area contributed by atoms with Gasteiger partial charge < -0.3 is 19.5 Å². The molecule has 2 spiro atoms. The molecular formula is C23H35NO4. The molecule has 2 bridgehead atoms. The number of carbonyl (C=O) groups is 1. The van der Waals surface area contributed by atoms with Crippen molar-refractivity contribution in [1.29, 1.82) is 0 Å². The van der Waals surface area contributed by atoms with E-state index in [0.717, 1.165) is 58.2 Å². The third kappa shape index (κ3) is 2.27. The number of aliphatic carboxylic acids is 1. The van der Waals surface area contributed by atoms with E-state index >= 15 is 0 Å². The lowest BCUT2D eigenvalue weighted by molar-refractivity contribution is -0.294. The minimum Gasteiger partial charge on any atom is -0.481 e. The number of ether oxygens (including phenoxy) is 2. The Morgan fingerprint density at radius 2 is 2.11 bits per heavy atom. The second-order valence-electron chi connectivity index (χ2n) is 10.2. The Morgan fingerprint density at radius 1 is 1.32 bits per heavy atom. The molecule has 5 heteroatoms. The van der Waals surface area contributed by atoms with E-state index in [4.69, 9.17) is 9.47 Å². The molecule has 28 heavy (non-hydrogen) atoms. The second kappa shape index (κ2) is 6.29. The predicted octanol–water partition coefficient (Wildman–Crippen LogP) is 3.69. The summed E-state index contributed by atoms with van der Waals surface area (Å²) in [5.74, 6) is -0.412. The number of methoxy groups -OCH3 is 1. The Labute approximate surface area is 168 Å². The molecule has 3 fully saturated rings. The first-order valence-corrected chi connectivity index (χ1v) is 11.2. The lowest BCUT2D eigenvalue weighted by Crippen LogP contribution is -2.64. The molecule has 0 amide bonds. The molecule has 156 valence electrons. The van der Waals surface area contributed by atoms with Crippen LogP contribution in [0.4, 0.5) is 0 Å². The molecule has 0 aromatic carbocycles. The number of carboxylic acids is 1. The number of hydrogen-bond donors (Lipinski definition) is 1. The van der Waals surface area contributed by atoms with Gasteiger partial charge in [-0.05, 0) is 63.8 Å². The minimum atomic E-state index is -0.586. The molecule has 2 aliphatic heterocycles. The molecule has 5 aliphatic rings. The molecule has 2 heterocycles. The molecule has 0 aromatic rings. The van der Waals surface area contributed by atoms with Crippen LogP contribution >= 0.6 is 0 Å². The van der Waals surface area contributed by atoms with E-state index < -0.39 is 11.8 Å². The van der Waals surface area contributed by atoms with Crippen molar-refractivity contribution in [2.45, 2.75) is 64.1 Å².